The lowest BCUT2D eigenvalue weighted by Crippen LogP contribution is -2.17. The number of aromatic carboxylic acids is 2. The highest BCUT2D eigenvalue weighted by molar-refractivity contribution is 6.31. The minimum atomic E-state index is -1.39. The van der Waals surface area contributed by atoms with E-state index in [2.05, 4.69) is 5.32 Å². The van der Waals surface area contributed by atoms with E-state index in [1.807, 2.05) is 0 Å². The second kappa shape index (κ2) is 6.50. The van der Waals surface area contributed by atoms with Crippen LogP contribution in [0.1, 0.15) is 36.6 Å². The molecule has 2 rings (SSSR count). The number of anilines is 1. The number of carboxylic acid groups (broad SMARTS) is 2. The molecule has 2 aromatic carbocycles. The molecule has 2 aromatic rings. The number of carboxylic acids is 2. The van der Waals surface area contributed by atoms with E-state index in [1.54, 1.807) is 25.1 Å². The molecule has 0 atom stereocenters. The van der Waals surface area contributed by atoms with Crippen molar-refractivity contribution in [2.75, 3.05) is 5.32 Å². The topological polar surface area (TPSA) is 104 Å². The summed E-state index contributed by atoms with van der Waals surface area (Å²) in [5.74, 6) is -3.32. The van der Waals surface area contributed by atoms with E-state index in [0.717, 1.165) is 11.6 Å². The predicted octanol–water partition coefficient (Wildman–Crippen LogP) is 3.30. The quantitative estimate of drug-likeness (QED) is 0.796. The molecule has 0 fully saturated rings. The monoisotopic (exact) mass is 333 g/mol. The van der Waals surface area contributed by atoms with Crippen molar-refractivity contribution in [1.82, 2.24) is 0 Å². The molecule has 0 aliphatic carbocycles. The van der Waals surface area contributed by atoms with Gasteiger partial charge in [0.2, 0.25) is 0 Å². The normalized spacial score (nSPS) is 10.2. The molecule has 0 spiro atoms. The van der Waals surface area contributed by atoms with Crippen LogP contribution >= 0.6 is 11.6 Å². The molecule has 0 saturated heterocycles. The molecule has 0 heterocycles. The highest BCUT2D eigenvalue weighted by Gasteiger charge is 2.19. The number of carbonyl (C=O) groups is 3. The molecular weight excluding hydrogens is 322 g/mol. The van der Waals surface area contributed by atoms with Crippen molar-refractivity contribution in [2.24, 2.45) is 0 Å². The predicted molar refractivity (Wildman–Crippen MR) is 84.5 cm³/mol. The zero-order valence-corrected chi connectivity index (χ0v) is 12.7. The van der Waals surface area contributed by atoms with Crippen molar-refractivity contribution in [2.45, 2.75) is 6.92 Å². The summed E-state index contributed by atoms with van der Waals surface area (Å²) in [6, 6.07) is 8.21. The third kappa shape index (κ3) is 3.67. The number of benzene rings is 2. The Kier molecular flexibility index (Phi) is 4.66. The van der Waals surface area contributed by atoms with Crippen LogP contribution in [-0.2, 0) is 0 Å². The first-order chi connectivity index (χ1) is 10.8. The highest BCUT2D eigenvalue weighted by Crippen LogP contribution is 2.22. The molecule has 0 aliphatic heterocycles. The van der Waals surface area contributed by atoms with E-state index in [1.165, 1.54) is 12.1 Å². The van der Waals surface area contributed by atoms with Gasteiger partial charge in [-0.1, -0.05) is 17.7 Å². The van der Waals surface area contributed by atoms with Crippen LogP contribution in [0.15, 0.2) is 36.4 Å². The van der Waals surface area contributed by atoms with Crippen molar-refractivity contribution < 1.29 is 24.6 Å². The summed E-state index contributed by atoms with van der Waals surface area (Å²) in [4.78, 5) is 34.5. The molecule has 0 bridgehead atoms. The number of hydrogen-bond donors (Lipinski definition) is 3. The number of halogens is 1. The van der Waals surface area contributed by atoms with Crippen LogP contribution in [0.25, 0.3) is 0 Å². The molecular formula is C16H12ClNO5. The maximum absolute atomic E-state index is 12.3. The van der Waals surface area contributed by atoms with E-state index >= 15 is 0 Å². The SMILES string of the molecule is Cc1ccc(Cl)cc1NC(=O)c1ccc(C(=O)O)cc1C(=O)O. The lowest BCUT2D eigenvalue weighted by Gasteiger charge is -2.11. The van der Waals surface area contributed by atoms with Crippen LogP contribution < -0.4 is 5.32 Å². The van der Waals surface area contributed by atoms with Gasteiger partial charge in [-0.3, -0.25) is 4.79 Å². The summed E-state index contributed by atoms with van der Waals surface area (Å²) in [6.07, 6.45) is 0. The van der Waals surface area contributed by atoms with E-state index in [9.17, 15) is 19.5 Å². The van der Waals surface area contributed by atoms with Gasteiger partial charge in [0.05, 0.1) is 16.7 Å². The van der Waals surface area contributed by atoms with Crippen LogP contribution in [0.4, 0.5) is 5.69 Å². The van der Waals surface area contributed by atoms with Gasteiger partial charge in [-0.05, 0) is 42.8 Å². The van der Waals surface area contributed by atoms with E-state index in [-0.39, 0.29) is 16.7 Å². The second-order valence-electron chi connectivity index (χ2n) is 4.78. The Bertz CT molecular complexity index is 816. The molecule has 7 heteroatoms. The smallest absolute Gasteiger partial charge is 0.336 e. The van der Waals surface area contributed by atoms with Gasteiger partial charge >= 0.3 is 11.9 Å². The molecule has 23 heavy (non-hydrogen) atoms. The number of amides is 1. The minimum absolute atomic E-state index is 0.137. The van der Waals surface area contributed by atoms with Gasteiger partial charge in [-0.15, -0.1) is 0 Å². The van der Waals surface area contributed by atoms with Gasteiger partial charge in [0, 0.05) is 10.7 Å². The molecule has 3 N–H and O–H groups in total. The largest absolute Gasteiger partial charge is 0.478 e. The fourth-order valence-corrected chi connectivity index (χ4v) is 2.14. The molecule has 118 valence electrons. The van der Waals surface area contributed by atoms with Gasteiger partial charge < -0.3 is 15.5 Å². The fraction of sp³-hybridized carbons (Fsp3) is 0.0625. The van der Waals surface area contributed by atoms with Gasteiger partial charge in [0.1, 0.15) is 0 Å². The first kappa shape index (κ1) is 16.5. The maximum atomic E-state index is 12.3. The van der Waals surface area contributed by atoms with E-state index < -0.39 is 17.8 Å². The zero-order chi connectivity index (χ0) is 17.1. The third-order valence-electron chi connectivity index (χ3n) is 3.19. The number of hydrogen-bond acceptors (Lipinski definition) is 3. The Balaban J connectivity index is 2.41. The molecule has 1 amide bonds. The minimum Gasteiger partial charge on any atom is -0.478 e. The average Bonchev–Trinajstić information content (AvgIpc) is 2.50. The number of nitrogens with one attached hydrogen (secondary N) is 1. The summed E-state index contributed by atoms with van der Waals surface area (Å²) in [5, 5.41) is 21.1. The summed E-state index contributed by atoms with van der Waals surface area (Å²) in [6.45, 7) is 1.76. The maximum Gasteiger partial charge on any atom is 0.336 e. The third-order valence-corrected chi connectivity index (χ3v) is 3.42. The van der Waals surface area contributed by atoms with Gasteiger partial charge in [0.15, 0.2) is 0 Å². The summed E-state index contributed by atoms with van der Waals surface area (Å²) < 4.78 is 0. The molecule has 0 aliphatic rings. The van der Waals surface area contributed by atoms with Crippen LogP contribution in [0.5, 0.6) is 0 Å². The molecule has 0 radical (unpaired) electrons. The van der Waals surface area contributed by atoms with Crippen molar-refractivity contribution in [3.8, 4) is 0 Å². The van der Waals surface area contributed by atoms with Crippen molar-refractivity contribution >= 4 is 35.1 Å². The van der Waals surface area contributed by atoms with E-state index in [4.69, 9.17) is 16.7 Å². The Morgan fingerprint density at radius 3 is 2.26 bits per heavy atom. The number of carbonyl (C=O) groups excluding carboxylic acids is 1. The second-order valence-corrected chi connectivity index (χ2v) is 5.22. The molecule has 6 nitrogen and oxygen atoms in total. The van der Waals surface area contributed by atoms with Crippen molar-refractivity contribution in [3.63, 3.8) is 0 Å². The summed E-state index contributed by atoms with van der Waals surface area (Å²) >= 11 is 5.87. The summed E-state index contributed by atoms with van der Waals surface area (Å²) in [5.41, 5.74) is 0.463. The van der Waals surface area contributed by atoms with Crippen LogP contribution in [0.3, 0.4) is 0 Å². The van der Waals surface area contributed by atoms with E-state index in [0.29, 0.717) is 10.7 Å². The van der Waals surface area contributed by atoms with Crippen LogP contribution in [-0.4, -0.2) is 28.1 Å². The van der Waals surface area contributed by atoms with Gasteiger partial charge in [-0.25, -0.2) is 9.59 Å². The highest BCUT2D eigenvalue weighted by atomic mass is 35.5. The average molecular weight is 334 g/mol. The fourth-order valence-electron chi connectivity index (χ4n) is 1.97. The summed E-state index contributed by atoms with van der Waals surface area (Å²) in [7, 11) is 0. The number of rotatable bonds is 4. The molecule has 0 unspecified atom stereocenters. The zero-order valence-electron chi connectivity index (χ0n) is 12.0. The van der Waals surface area contributed by atoms with Gasteiger partial charge in [0.25, 0.3) is 5.91 Å². The van der Waals surface area contributed by atoms with Gasteiger partial charge in [-0.2, -0.15) is 0 Å². The molecule has 0 aromatic heterocycles. The lowest BCUT2D eigenvalue weighted by atomic mass is 10.0. The lowest BCUT2D eigenvalue weighted by molar-refractivity contribution is 0.0692. The van der Waals surface area contributed by atoms with Crippen LogP contribution in [0, 0.1) is 6.92 Å². The van der Waals surface area contributed by atoms with Crippen molar-refractivity contribution in [3.05, 3.63) is 63.7 Å². The standard InChI is InChI=1S/C16H12ClNO5/c1-8-2-4-10(17)7-13(8)18-14(19)11-5-3-9(15(20)21)6-12(11)16(22)23/h2-7H,1H3,(H,18,19)(H,20,21)(H,22,23). The Morgan fingerprint density at radius 1 is 0.957 bits per heavy atom. The Morgan fingerprint density at radius 2 is 1.65 bits per heavy atom. The first-order valence-corrected chi connectivity index (χ1v) is 6.85. The Labute approximate surface area is 136 Å². The van der Waals surface area contributed by atoms with Crippen LogP contribution in [0.2, 0.25) is 5.02 Å². The Hall–Kier alpha value is -2.86. The molecule has 0 saturated carbocycles. The van der Waals surface area contributed by atoms with Crippen molar-refractivity contribution in [1.29, 1.82) is 0 Å². The first-order valence-electron chi connectivity index (χ1n) is 6.47. The number of aryl methyl sites for hydroxylation is 1.